The molecule has 4 rings (SSSR count). The molecule has 0 fully saturated rings. The van der Waals surface area contributed by atoms with Crippen molar-refractivity contribution in [2.75, 3.05) is 0 Å². The molecule has 0 aliphatic heterocycles. The van der Waals surface area contributed by atoms with Gasteiger partial charge < -0.3 is 0 Å². The highest BCUT2D eigenvalue weighted by Gasteiger charge is 2.15. The molecule has 8 heteroatoms. The summed E-state index contributed by atoms with van der Waals surface area (Å²) in [5.41, 5.74) is 4.85. The molecule has 2 heterocycles. The van der Waals surface area contributed by atoms with E-state index in [2.05, 4.69) is 9.97 Å². The maximum Gasteiger partial charge on any atom is 0.184 e. The van der Waals surface area contributed by atoms with Crippen molar-refractivity contribution >= 4 is 34.2 Å². The highest BCUT2D eigenvalue weighted by molar-refractivity contribution is 8.76. The normalized spacial score (nSPS) is 10.9. The fourth-order valence-corrected chi connectivity index (χ4v) is 4.91. The second-order valence-corrected chi connectivity index (χ2v) is 8.77. The summed E-state index contributed by atoms with van der Waals surface area (Å²) in [6.45, 7) is 4.05. The molecule has 0 N–H and O–H groups in total. The van der Waals surface area contributed by atoms with E-state index in [1.54, 1.807) is 12.4 Å². The number of imidazole rings is 2. The minimum Gasteiger partial charge on any atom is -0.296 e. The van der Waals surface area contributed by atoms with E-state index in [1.807, 2.05) is 71.5 Å². The van der Waals surface area contributed by atoms with Crippen LogP contribution in [-0.4, -0.2) is 31.7 Å². The molecule has 2 aromatic heterocycles. The van der Waals surface area contributed by atoms with Crippen molar-refractivity contribution in [1.29, 1.82) is 0 Å². The molecule has 30 heavy (non-hydrogen) atoms. The van der Waals surface area contributed by atoms with Crippen LogP contribution in [0.3, 0.4) is 0 Å². The lowest BCUT2D eigenvalue weighted by molar-refractivity contribution is 0.111. The van der Waals surface area contributed by atoms with Crippen molar-refractivity contribution < 1.29 is 9.59 Å². The van der Waals surface area contributed by atoms with Crippen molar-refractivity contribution in [2.24, 2.45) is 0 Å². The Kier molecular flexibility index (Phi) is 5.87. The first-order valence-electron chi connectivity index (χ1n) is 9.15. The van der Waals surface area contributed by atoms with Crippen LogP contribution in [-0.2, 0) is 0 Å². The van der Waals surface area contributed by atoms with Gasteiger partial charge in [-0.3, -0.25) is 18.7 Å². The third-order valence-electron chi connectivity index (χ3n) is 4.44. The van der Waals surface area contributed by atoms with Crippen LogP contribution >= 0.6 is 21.6 Å². The van der Waals surface area contributed by atoms with E-state index in [0.717, 1.165) is 35.1 Å². The van der Waals surface area contributed by atoms with Crippen molar-refractivity contribution in [3.05, 3.63) is 83.4 Å². The van der Waals surface area contributed by atoms with Gasteiger partial charge in [0, 0.05) is 23.8 Å². The minimum atomic E-state index is 0.356. The van der Waals surface area contributed by atoms with E-state index in [9.17, 15) is 9.59 Å². The molecule has 150 valence electrons. The SMILES string of the molecule is Cc1ccc(-n2cc(C=O)nc2SSc2nc(C=O)cn2-c2ccc(C)cc2)cc1. The Labute approximate surface area is 181 Å². The number of aromatic nitrogens is 4. The molecule has 0 aliphatic carbocycles. The Morgan fingerprint density at radius 1 is 0.667 bits per heavy atom. The third kappa shape index (κ3) is 4.24. The van der Waals surface area contributed by atoms with Crippen LogP contribution in [0.15, 0.2) is 71.2 Å². The predicted molar refractivity (Wildman–Crippen MR) is 119 cm³/mol. The van der Waals surface area contributed by atoms with Gasteiger partial charge >= 0.3 is 0 Å². The Morgan fingerprint density at radius 3 is 1.37 bits per heavy atom. The van der Waals surface area contributed by atoms with E-state index >= 15 is 0 Å². The van der Waals surface area contributed by atoms with Crippen molar-refractivity contribution in [2.45, 2.75) is 24.2 Å². The molecule has 0 saturated heterocycles. The first-order valence-corrected chi connectivity index (χ1v) is 11.3. The highest BCUT2D eigenvalue weighted by Crippen LogP contribution is 2.38. The summed E-state index contributed by atoms with van der Waals surface area (Å²) in [6, 6.07) is 16.0. The molecule has 0 bridgehead atoms. The van der Waals surface area contributed by atoms with E-state index in [4.69, 9.17) is 0 Å². The molecular weight excluding hydrogens is 416 g/mol. The zero-order valence-corrected chi connectivity index (χ0v) is 18.0. The molecule has 2 aromatic carbocycles. The molecule has 4 aromatic rings. The summed E-state index contributed by atoms with van der Waals surface area (Å²) in [4.78, 5) is 31.4. The van der Waals surface area contributed by atoms with E-state index in [-0.39, 0.29) is 0 Å². The summed E-state index contributed by atoms with van der Waals surface area (Å²) < 4.78 is 3.75. The molecule has 0 unspecified atom stereocenters. The Balaban J connectivity index is 1.65. The number of hydrogen-bond donors (Lipinski definition) is 0. The largest absolute Gasteiger partial charge is 0.296 e. The fraction of sp³-hybridized carbons (Fsp3) is 0.0909. The number of hydrogen-bond acceptors (Lipinski definition) is 6. The van der Waals surface area contributed by atoms with Crippen molar-refractivity contribution in [3.8, 4) is 11.4 Å². The van der Waals surface area contributed by atoms with Gasteiger partial charge in [-0.25, -0.2) is 9.97 Å². The molecule has 6 nitrogen and oxygen atoms in total. The van der Waals surface area contributed by atoms with Crippen LogP contribution in [0, 0.1) is 13.8 Å². The Hall–Kier alpha value is -3.10. The van der Waals surface area contributed by atoms with Gasteiger partial charge in [-0.2, -0.15) is 0 Å². The molecule has 0 radical (unpaired) electrons. The minimum absolute atomic E-state index is 0.356. The number of aldehydes is 2. The van der Waals surface area contributed by atoms with Gasteiger partial charge in [0.05, 0.1) is 0 Å². The van der Waals surface area contributed by atoms with Crippen LogP contribution in [0.5, 0.6) is 0 Å². The van der Waals surface area contributed by atoms with E-state index in [1.165, 1.54) is 21.6 Å². The Morgan fingerprint density at radius 2 is 1.03 bits per heavy atom. The predicted octanol–water partition coefficient (Wildman–Crippen LogP) is 5.10. The molecule has 0 saturated carbocycles. The van der Waals surface area contributed by atoms with E-state index in [0.29, 0.717) is 21.7 Å². The summed E-state index contributed by atoms with van der Waals surface area (Å²) in [5, 5.41) is 1.30. The van der Waals surface area contributed by atoms with Gasteiger partial charge in [-0.1, -0.05) is 35.4 Å². The topological polar surface area (TPSA) is 69.8 Å². The van der Waals surface area contributed by atoms with Crippen LogP contribution in [0.1, 0.15) is 32.1 Å². The molecule has 0 atom stereocenters. The van der Waals surface area contributed by atoms with Gasteiger partial charge in [-0.15, -0.1) is 0 Å². The molecule has 0 aliphatic rings. The van der Waals surface area contributed by atoms with Gasteiger partial charge in [0.25, 0.3) is 0 Å². The first-order chi connectivity index (χ1) is 14.6. The highest BCUT2D eigenvalue weighted by atomic mass is 33.1. The van der Waals surface area contributed by atoms with Gasteiger partial charge in [-0.05, 0) is 59.7 Å². The lowest BCUT2D eigenvalue weighted by Crippen LogP contribution is -1.96. The average Bonchev–Trinajstić information content (AvgIpc) is 3.37. The van der Waals surface area contributed by atoms with Gasteiger partial charge in [0.2, 0.25) is 0 Å². The quantitative estimate of drug-likeness (QED) is 0.298. The molecule has 0 amide bonds. The van der Waals surface area contributed by atoms with Gasteiger partial charge in [0.15, 0.2) is 22.9 Å². The summed E-state index contributed by atoms with van der Waals surface area (Å²) in [6.07, 6.45) is 4.89. The maximum atomic E-state index is 11.3. The summed E-state index contributed by atoms with van der Waals surface area (Å²) in [5.74, 6) is 0. The lowest BCUT2D eigenvalue weighted by Gasteiger charge is -2.09. The van der Waals surface area contributed by atoms with Crippen LogP contribution in [0.2, 0.25) is 0 Å². The summed E-state index contributed by atoms with van der Waals surface area (Å²) >= 11 is 0. The van der Waals surface area contributed by atoms with Crippen molar-refractivity contribution in [3.63, 3.8) is 0 Å². The number of rotatable bonds is 7. The smallest absolute Gasteiger partial charge is 0.184 e. The lowest BCUT2D eigenvalue weighted by atomic mass is 10.2. The standard InChI is InChI=1S/C22H18N4O2S2/c1-15-3-7-19(8-4-15)25-11-17(13-27)23-21(25)29-30-22-24-18(14-28)12-26(22)20-9-5-16(2)6-10-20/h3-14H,1-2H3. The van der Waals surface area contributed by atoms with Gasteiger partial charge in [0.1, 0.15) is 11.4 Å². The number of benzene rings is 2. The maximum absolute atomic E-state index is 11.3. The number of carbonyl (C=O) groups is 2. The molecule has 0 spiro atoms. The third-order valence-corrected chi connectivity index (χ3v) is 6.54. The fourth-order valence-electron chi connectivity index (χ4n) is 2.85. The van der Waals surface area contributed by atoms with E-state index < -0.39 is 0 Å². The zero-order chi connectivity index (χ0) is 21.1. The monoisotopic (exact) mass is 434 g/mol. The Bertz CT molecular complexity index is 1100. The zero-order valence-electron chi connectivity index (χ0n) is 16.4. The number of aryl methyl sites for hydroxylation is 2. The number of nitrogens with zero attached hydrogens (tertiary/aromatic N) is 4. The van der Waals surface area contributed by atoms with Crippen LogP contribution in [0.25, 0.3) is 11.4 Å². The second kappa shape index (κ2) is 8.73. The van der Waals surface area contributed by atoms with Crippen molar-refractivity contribution in [1.82, 2.24) is 19.1 Å². The number of carbonyl (C=O) groups excluding carboxylic acids is 2. The van der Waals surface area contributed by atoms with Crippen LogP contribution < -0.4 is 0 Å². The first kappa shape index (κ1) is 20.2. The average molecular weight is 435 g/mol. The summed E-state index contributed by atoms with van der Waals surface area (Å²) in [7, 11) is 2.76. The van der Waals surface area contributed by atoms with Crippen LogP contribution in [0.4, 0.5) is 0 Å². The molecular formula is C22H18N4O2S2. The second-order valence-electron chi connectivity index (χ2n) is 6.71.